The second-order valence-electron chi connectivity index (χ2n) is 6.27. The molecule has 0 heterocycles. The molecule has 0 bridgehead atoms. The zero-order valence-corrected chi connectivity index (χ0v) is 16.4. The molecule has 3 heteroatoms. The summed E-state index contributed by atoms with van der Waals surface area (Å²) in [5.74, 6) is 0.918. The summed E-state index contributed by atoms with van der Waals surface area (Å²) < 4.78 is 6.61. The van der Waals surface area contributed by atoms with Gasteiger partial charge in [-0.05, 0) is 40.3 Å². The summed E-state index contributed by atoms with van der Waals surface area (Å²) >= 11 is 3.52. The Balaban J connectivity index is 2.06. The fraction of sp³-hybridized carbons (Fsp3) is 0.182. The highest BCUT2D eigenvalue weighted by molar-refractivity contribution is 9.10. The number of methoxy groups -OCH3 is 1. The highest BCUT2D eigenvalue weighted by Gasteiger charge is 2.10. The summed E-state index contributed by atoms with van der Waals surface area (Å²) in [5.41, 5.74) is 3.82. The Morgan fingerprint density at radius 2 is 1.64 bits per heavy atom. The monoisotopic (exact) mass is 395 g/mol. The van der Waals surface area contributed by atoms with Gasteiger partial charge in [0.15, 0.2) is 0 Å². The molecule has 3 aromatic carbocycles. The minimum atomic E-state index is 0.865. The van der Waals surface area contributed by atoms with E-state index in [1.165, 1.54) is 22.1 Å². The number of fused-ring (bicyclic) bond motifs is 1. The molecular weight excluding hydrogens is 374 g/mol. The van der Waals surface area contributed by atoms with Crippen LogP contribution in [-0.2, 0) is 6.42 Å². The Kier molecular flexibility index (Phi) is 5.44. The quantitative estimate of drug-likeness (QED) is 0.544. The average molecular weight is 396 g/mol. The lowest BCUT2D eigenvalue weighted by atomic mass is 9.94. The van der Waals surface area contributed by atoms with Crippen molar-refractivity contribution in [3.63, 3.8) is 0 Å². The van der Waals surface area contributed by atoms with Crippen molar-refractivity contribution in [2.24, 2.45) is 0 Å². The highest BCUT2D eigenvalue weighted by Crippen LogP contribution is 2.31. The Morgan fingerprint density at radius 3 is 2.28 bits per heavy atom. The molecule has 2 nitrogen and oxygen atoms in total. The van der Waals surface area contributed by atoms with Crippen LogP contribution in [0.3, 0.4) is 0 Å². The first-order valence-corrected chi connectivity index (χ1v) is 9.05. The van der Waals surface area contributed by atoms with E-state index in [1.807, 2.05) is 0 Å². The van der Waals surface area contributed by atoms with Crippen LogP contribution < -0.4 is 4.74 Å². The minimum absolute atomic E-state index is 0.865. The number of hydrogen-bond acceptors (Lipinski definition) is 2. The Bertz CT molecular complexity index is 898. The maximum absolute atomic E-state index is 5.52. The van der Waals surface area contributed by atoms with Gasteiger partial charge in [0.05, 0.1) is 7.11 Å². The van der Waals surface area contributed by atoms with Gasteiger partial charge in [0.2, 0.25) is 0 Å². The van der Waals surface area contributed by atoms with Crippen molar-refractivity contribution in [1.82, 2.24) is 4.90 Å². The molecular formula is C22H22BrNO. The Hall–Kier alpha value is -2.26. The van der Waals surface area contributed by atoms with Gasteiger partial charge in [-0.15, -0.1) is 0 Å². The van der Waals surface area contributed by atoms with E-state index >= 15 is 0 Å². The van der Waals surface area contributed by atoms with Crippen molar-refractivity contribution in [2.45, 2.75) is 6.42 Å². The van der Waals surface area contributed by atoms with Crippen LogP contribution in [0.25, 0.3) is 16.3 Å². The number of benzene rings is 3. The molecule has 0 saturated heterocycles. The van der Waals surface area contributed by atoms with E-state index in [4.69, 9.17) is 4.74 Å². The van der Waals surface area contributed by atoms with Crippen molar-refractivity contribution >= 4 is 32.3 Å². The fourth-order valence-corrected chi connectivity index (χ4v) is 3.33. The third-order valence-corrected chi connectivity index (χ3v) is 4.73. The van der Waals surface area contributed by atoms with Gasteiger partial charge in [-0.25, -0.2) is 0 Å². The van der Waals surface area contributed by atoms with Crippen molar-refractivity contribution < 1.29 is 4.74 Å². The fourth-order valence-electron chi connectivity index (χ4n) is 3.07. The number of rotatable bonds is 5. The van der Waals surface area contributed by atoms with E-state index in [-0.39, 0.29) is 0 Å². The summed E-state index contributed by atoms with van der Waals surface area (Å²) in [6.45, 7) is 0. The van der Waals surface area contributed by atoms with Crippen molar-refractivity contribution in [3.05, 3.63) is 82.5 Å². The van der Waals surface area contributed by atoms with E-state index < -0.39 is 0 Å². The number of halogens is 1. The molecule has 0 atom stereocenters. The normalized spacial score (nSPS) is 11.6. The SMILES string of the molecule is COc1ccc(C/C(=C\N(C)C)c2ccc(Br)cc2)c2ccccc12. The molecule has 0 N–H and O–H groups in total. The lowest BCUT2D eigenvalue weighted by Gasteiger charge is -2.15. The van der Waals surface area contributed by atoms with E-state index in [0.717, 1.165) is 22.0 Å². The molecule has 0 radical (unpaired) electrons. The predicted octanol–water partition coefficient (Wildman–Crippen LogP) is 5.76. The van der Waals surface area contributed by atoms with Gasteiger partial charge in [0.25, 0.3) is 0 Å². The largest absolute Gasteiger partial charge is 0.496 e. The van der Waals surface area contributed by atoms with E-state index in [9.17, 15) is 0 Å². The van der Waals surface area contributed by atoms with Crippen molar-refractivity contribution in [2.75, 3.05) is 21.2 Å². The van der Waals surface area contributed by atoms with Crippen LogP contribution in [0.2, 0.25) is 0 Å². The number of allylic oxidation sites excluding steroid dienone is 1. The number of nitrogens with zero attached hydrogens (tertiary/aromatic N) is 1. The molecule has 0 spiro atoms. The van der Waals surface area contributed by atoms with Gasteiger partial charge >= 0.3 is 0 Å². The highest BCUT2D eigenvalue weighted by atomic mass is 79.9. The first-order chi connectivity index (χ1) is 12.1. The molecule has 0 unspecified atom stereocenters. The number of hydrogen-bond donors (Lipinski definition) is 0. The molecule has 0 aromatic heterocycles. The second kappa shape index (κ2) is 7.75. The predicted molar refractivity (Wildman–Crippen MR) is 110 cm³/mol. The van der Waals surface area contributed by atoms with Gasteiger partial charge in [0.1, 0.15) is 5.75 Å². The molecule has 0 aliphatic rings. The van der Waals surface area contributed by atoms with Crippen LogP contribution in [0.5, 0.6) is 5.75 Å². The zero-order chi connectivity index (χ0) is 17.8. The molecule has 3 rings (SSSR count). The molecule has 3 aromatic rings. The molecule has 25 heavy (non-hydrogen) atoms. The Morgan fingerprint density at radius 1 is 0.960 bits per heavy atom. The second-order valence-corrected chi connectivity index (χ2v) is 7.19. The first-order valence-electron chi connectivity index (χ1n) is 8.26. The molecule has 0 aliphatic heterocycles. The average Bonchev–Trinajstić information content (AvgIpc) is 2.61. The minimum Gasteiger partial charge on any atom is -0.496 e. The van der Waals surface area contributed by atoms with Gasteiger partial charge in [-0.1, -0.05) is 58.4 Å². The van der Waals surface area contributed by atoms with Crippen molar-refractivity contribution in [1.29, 1.82) is 0 Å². The first kappa shape index (κ1) is 17.6. The summed E-state index contributed by atoms with van der Waals surface area (Å²) in [6.07, 6.45) is 3.06. The van der Waals surface area contributed by atoms with Crippen LogP contribution in [0.15, 0.2) is 71.3 Å². The molecule has 0 fully saturated rings. The smallest absolute Gasteiger partial charge is 0.126 e. The van der Waals surface area contributed by atoms with E-state index in [1.54, 1.807) is 7.11 Å². The molecule has 0 aliphatic carbocycles. The third kappa shape index (κ3) is 4.05. The maximum Gasteiger partial charge on any atom is 0.126 e. The Labute approximate surface area is 157 Å². The maximum atomic E-state index is 5.52. The van der Waals surface area contributed by atoms with Gasteiger partial charge in [0, 0.05) is 36.6 Å². The molecule has 0 saturated carbocycles. The lowest BCUT2D eigenvalue weighted by molar-refractivity contribution is 0.419. The van der Waals surface area contributed by atoms with Crippen LogP contribution in [0, 0.1) is 0 Å². The summed E-state index contributed by atoms with van der Waals surface area (Å²) in [6, 6.07) is 21.1. The summed E-state index contributed by atoms with van der Waals surface area (Å²) in [4.78, 5) is 2.10. The van der Waals surface area contributed by atoms with Crippen LogP contribution in [-0.4, -0.2) is 26.1 Å². The standard InChI is InChI=1S/C22H22BrNO/c1-24(2)15-18(16-8-11-19(23)12-9-16)14-17-10-13-22(25-3)21-7-5-4-6-20(17)21/h4-13,15H,14H2,1-3H3/b18-15+. The van der Waals surface area contributed by atoms with Crippen molar-refractivity contribution in [3.8, 4) is 5.75 Å². The van der Waals surface area contributed by atoms with Crippen LogP contribution in [0.4, 0.5) is 0 Å². The van der Waals surface area contributed by atoms with E-state index in [0.29, 0.717) is 0 Å². The summed E-state index contributed by atoms with van der Waals surface area (Å²) in [7, 11) is 5.84. The number of ether oxygens (including phenoxy) is 1. The topological polar surface area (TPSA) is 12.5 Å². The zero-order valence-electron chi connectivity index (χ0n) is 14.8. The van der Waals surface area contributed by atoms with Crippen LogP contribution >= 0.6 is 15.9 Å². The van der Waals surface area contributed by atoms with Gasteiger partial charge < -0.3 is 9.64 Å². The van der Waals surface area contributed by atoms with Gasteiger partial charge in [-0.3, -0.25) is 0 Å². The van der Waals surface area contributed by atoms with E-state index in [2.05, 4.69) is 102 Å². The third-order valence-electron chi connectivity index (χ3n) is 4.20. The van der Waals surface area contributed by atoms with Gasteiger partial charge in [-0.2, -0.15) is 0 Å². The summed E-state index contributed by atoms with van der Waals surface area (Å²) in [5, 5.41) is 2.39. The van der Waals surface area contributed by atoms with Crippen LogP contribution in [0.1, 0.15) is 11.1 Å². The molecule has 0 amide bonds. The lowest BCUT2D eigenvalue weighted by Crippen LogP contribution is -2.04. The molecule has 128 valence electrons.